The second-order valence-electron chi connectivity index (χ2n) is 6.67. The zero-order chi connectivity index (χ0) is 14.7. The highest BCUT2D eigenvalue weighted by Crippen LogP contribution is 2.29. The summed E-state index contributed by atoms with van der Waals surface area (Å²) in [4.78, 5) is 15.7. The van der Waals surface area contributed by atoms with Crippen molar-refractivity contribution in [2.45, 2.75) is 46.6 Å². The van der Waals surface area contributed by atoms with Gasteiger partial charge in [-0.1, -0.05) is 20.8 Å². The molecule has 0 saturated carbocycles. The summed E-state index contributed by atoms with van der Waals surface area (Å²) >= 11 is 0. The van der Waals surface area contributed by atoms with E-state index in [0.29, 0.717) is 11.4 Å². The SMILES string of the molecule is COC(=O)c1ccnc(NC(C)(C)CC(C)(C)C)c1. The van der Waals surface area contributed by atoms with Gasteiger partial charge in [0.1, 0.15) is 5.82 Å². The molecule has 0 aliphatic carbocycles. The third kappa shape index (κ3) is 5.28. The Morgan fingerprint density at radius 3 is 2.47 bits per heavy atom. The van der Waals surface area contributed by atoms with Crippen molar-refractivity contribution in [2.24, 2.45) is 5.41 Å². The van der Waals surface area contributed by atoms with Gasteiger partial charge in [0, 0.05) is 11.7 Å². The number of pyridine rings is 1. The zero-order valence-corrected chi connectivity index (χ0v) is 12.7. The van der Waals surface area contributed by atoms with Gasteiger partial charge in [-0.3, -0.25) is 0 Å². The van der Waals surface area contributed by atoms with Crippen molar-refractivity contribution < 1.29 is 9.53 Å². The minimum atomic E-state index is -0.348. The average Bonchev–Trinajstić information content (AvgIpc) is 2.24. The molecule has 1 aromatic heterocycles. The molecule has 1 heterocycles. The van der Waals surface area contributed by atoms with E-state index in [1.165, 1.54) is 7.11 Å². The smallest absolute Gasteiger partial charge is 0.338 e. The number of ether oxygens (including phenoxy) is 1. The maximum absolute atomic E-state index is 11.5. The van der Waals surface area contributed by atoms with Crippen LogP contribution in [0.2, 0.25) is 0 Å². The highest BCUT2D eigenvalue weighted by atomic mass is 16.5. The molecule has 0 fully saturated rings. The van der Waals surface area contributed by atoms with Gasteiger partial charge in [0.2, 0.25) is 0 Å². The third-order valence-electron chi connectivity index (χ3n) is 2.62. The Bertz CT molecular complexity index is 448. The molecule has 0 radical (unpaired) electrons. The molecule has 1 rings (SSSR count). The number of nitrogens with zero attached hydrogens (tertiary/aromatic N) is 1. The first-order valence-electron chi connectivity index (χ1n) is 6.45. The van der Waals surface area contributed by atoms with Crippen molar-refractivity contribution in [3.8, 4) is 0 Å². The summed E-state index contributed by atoms with van der Waals surface area (Å²) in [6, 6.07) is 3.37. The molecule has 0 bridgehead atoms. The normalized spacial score (nSPS) is 12.1. The van der Waals surface area contributed by atoms with Crippen molar-refractivity contribution >= 4 is 11.8 Å². The van der Waals surface area contributed by atoms with Crippen LogP contribution in [0.1, 0.15) is 51.4 Å². The van der Waals surface area contributed by atoms with Crippen molar-refractivity contribution in [3.05, 3.63) is 23.9 Å². The zero-order valence-electron chi connectivity index (χ0n) is 12.7. The van der Waals surface area contributed by atoms with Gasteiger partial charge in [0.15, 0.2) is 0 Å². The number of nitrogens with one attached hydrogen (secondary N) is 1. The molecule has 0 spiro atoms. The molecular weight excluding hydrogens is 240 g/mol. The molecule has 0 aliphatic rings. The molecule has 0 unspecified atom stereocenters. The van der Waals surface area contributed by atoms with Gasteiger partial charge in [0.05, 0.1) is 12.7 Å². The van der Waals surface area contributed by atoms with E-state index in [1.54, 1.807) is 18.3 Å². The number of carbonyl (C=O) groups is 1. The van der Waals surface area contributed by atoms with Crippen LogP contribution in [0.3, 0.4) is 0 Å². The topological polar surface area (TPSA) is 51.2 Å². The third-order valence-corrected chi connectivity index (χ3v) is 2.62. The Hall–Kier alpha value is -1.58. The summed E-state index contributed by atoms with van der Waals surface area (Å²) in [5.74, 6) is 0.344. The summed E-state index contributed by atoms with van der Waals surface area (Å²) in [5, 5.41) is 3.38. The fourth-order valence-electron chi connectivity index (χ4n) is 2.46. The minimum absolute atomic E-state index is 0.0972. The molecule has 0 atom stereocenters. The predicted octanol–water partition coefficient (Wildman–Crippen LogP) is 3.49. The molecule has 1 N–H and O–H groups in total. The Kier molecular flexibility index (Phi) is 4.56. The highest BCUT2D eigenvalue weighted by molar-refractivity contribution is 5.90. The summed E-state index contributed by atoms with van der Waals surface area (Å²) in [6.45, 7) is 10.9. The first-order valence-corrected chi connectivity index (χ1v) is 6.45. The second kappa shape index (κ2) is 5.59. The molecule has 0 saturated heterocycles. The first kappa shape index (κ1) is 15.5. The summed E-state index contributed by atoms with van der Waals surface area (Å²) in [7, 11) is 1.37. The second-order valence-corrected chi connectivity index (χ2v) is 6.67. The van der Waals surface area contributed by atoms with Gasteiger partial charge in [-0.2, -0.15) is 0 Å². The van der Waals surface area contributed by atoms with Crippen LogP contribution in [0.15, 0.2) is 18.3 Å². The van der Waals surface area contributed by atoms with E-state index in [1.807, 2.05) is 0 Å². The number of hydrogen-bond donors (Lipinski definition) is 1. The van der Waals surface area contributed by atoms with Gasteiger partial charge in [-0.15, -0.1) is 0 Å². The first-order chi connectivity index (χ1) is 8.63. The van der Waals surface area contributed by atoms with Crippen LogP contribution in [-0.2, 0) is 4.74 Å². The lowest BCUT2D eigenvalue weighted by Gasteiger charge is -2.33. The van der Waals surface area contributed by atoms with E-state index in [4.69, 9.17) is 4.74 Å². The molecule has 19 heavy (non-hydrogen) atoms. The van der Waals surface area contributed by atoms with Gasteiger partial charge < -0.3 is 10.1 Å². The average molecular weight is 264 g/mol. The standard InChI is InChI=1S/C15H24N2O2/c1-14(2,3)10-15(4,5)17-12-9-11(7-8-16-12)13(18)19-6/h7-9H,10H2,1-6H3,(H,16,17). The van der Waals surface area contributed by atoms with Crippen LogP contribution in [0.4, 0.5) is 5.82 Å². The van der Waals surface area contributed by atoms with E-state index in [0.717, 1.165) is 6.42 Å². The lowest BCUT2D eigenvalue weighted by molar-refractivity contribution is 0.0600. The Labute approximate surface area is 115 Å². The largest absolute Gasteiger partial charge is 0.465 e. The quantitative estimate of drug-likeness (QED) is 0.846. The van der Waals surface area contributed by atoms with E-state index >= 15 is 0 Å². The van der Waals surface area contributed by atoms with E-state index in [-0.39, 0.29) is 16.9 Å². The van der Waals surface area contributed by atoms with Gasteiger partial charge in [0.25, 0.3) is 0 Å². The van der Waals surface area contributed by atoms with Gasteiger partial charge in [-0.25, -0.2) is 9.78 Å². The van der Waals surface area contributed by atoms with Crippen LogP contribution in [0.25, 0.3) is 0 Å². The Morgan fingerprint density at radius 2 is 1.95 bits per heavy atom. The monoisotopic (exact) mass is 264 g/mol. The number of esters is 1. The summed E-state index contributed by atoms with van der Waals surface area (Å²) in [6.07, 6.45) is 2.60. The van der Waals surface area contributed by atoms with Crippen LogP contribution in [0, 0.1) is 5.41 Å². The maximum atomic E-state index is 11.5. The summed E-state index contributed by atoms with van der Waals surface area (Å²) in [5.41, 5.74) is 0.628. The number of rotatable bonds is 4. The van der Waals surface area contributed by atoms with E-state index < -0.39 is 0 Å². The van der Waals surface area contributed by atoms with E-state index in [2.05, 4.69) is 44.9 Å². The fourth-order valence-corrected chi connectivity index (χ4v) is 2.46. The fraction of sp³-hybridized carbons (Fsp3) is 0.600. The number of methoxy groups -OCH3 is 1. The van der Waals surface area contributed by atoms with Gasteiger partial charge >= 0.3 is 5.97 Å². The lowest BCUT2D eigenvalue weighted by Crippen LogP contribution is -2.35. The highest BCUT2D eigenvalue weighted by Gasteiger charge is 2.25. The van der Waals surface area contributed by atoms with Crippen molar-refractivity contribution in [1.29, 1.82) is 0 Å². The molecule has 4 nitrogen and oxygen atoms in total. The Morgan fingerprint density at radius 1 is 1.32 bits per heavy atom. The molecular formula is C15H24N2O2. The number of carbonyl (C=O) groups excluding carboxylic acids is 1. The van der Waals surface area contributed by atoms with E-state index in [9.17, 15) is 4.79 Å². The maximum Gasteiger partial charge on any atom is 0.338 e. The molecule has 1 aromatic rings. The van der Waals surface area contributed by atoms with Crippen LogP contribution >= 0.6 is 0 Å². The summed E-state index contributed by atoms with van der Waals surface area (Å²) < 4.78 is 4.71. The van der Waals surface area contributed by atoms with Crippen LogP contribution in [0.5, 0.6) is 0 Å². The number of anilines is 1. The van der Waals surface area contributed by atoms with Crippen molar-refractivity contribution in [3.63, 3.8) is 0 Å². The predicted molar refractivity (Wildman–Crippen MR) is 77.4 cm³/mol. The lowest BCUT2D eigenvalue weighted by atomic mass is 9.82. The van der Waals surface area contributed by atoms with Crippen LogP contribution in [-0.4, -0.2) is 23.6 Å². The van der Waals surface area contributed by atoms with Crippen LogP contribution < -0.4 is 5.32 Å². The Balaban J connectivity index is 2.85. The van der Waals surface area contributed by atoms with Crippen molar-refractivity contribution in [2.75, 3.05) is 12.4 Å². The minimum Gasteiger partial charge on any atom is -0.465 e. The molecule has 0 aliphatic heterocycles. The molecule has 0 amide bonds. The molecule has 106 valence electrons. The number of hydrogen-bond acceptors (Lipinski definition) is 4. The molecule has 4 heteroatoms. The molecule has 0 aromatic carbocycles. The van der Waals surface area contributed by atoms with Crippen molar-refractivity contribution in [1.82, 2.24) is 4.98 Å². The number of aromatic nitrogens is 1. The van der Waals surface area contributed by atoms with Gasteiger partial charge in [-0.05, 0) is 37.8 Å².